The number of carbonyl (C=O) groups excluding carboxylic acids is 1. The van der Waals surface area contributed by atoms with E-state index in [4.69, 9.17) is 0 Å². The molecule has 0 saturated heterocycles. The van der Waals surface area contributed by atoms with Gasteiger partial charge < -0.3 is 10.2 Å². The fourth-order valence-electron chi connectivity index (χ4n) is 3.22. The summed E-state index contributed by atoms with van der Waals surface area (Å²) in [5.74, 6) is -0.284. The summed E-state index contributed by atoms with van der Waals surface area (Å²) < 4.78 is 27.8. The monoisotopic (exact) mass is 451 g/mol. The second-order valence-corrected chi connectivity index (χ2v) is 9.53. The second kappa shape index (κ2) is 10.9. The molecule has 0 aliphatic heterocycles. The van der Waals surface area contributed by atoms with E-state index in [1.165, 1.54) is 17.7 Å². The van der Waals surface area contributed by atoms with Crippen LogP contribution in [0.15, 0.2) is 83.8 Å². The Morgan fingerprint density at radius 1 is 0.875 bits per heavy atom. The number of anilines is 1. The van der Waals surface area contributed by atoms with Gasteiger partial charge in [-0.1, -0.05) is 48.5 Å². The Bertz CT molecular complexity index is 1130. The Kier molecular flexibility index (Phi) is 8.03. The molecule has 0 saturated carbocycles. The van der Waals surface area contributed by atoms with Gasteiger partial charge in [-0.15, -0.1) is 0 Å². The fraction of sp³-hybridized carbons (Fsp3) is 0.240. The molecule has 1 amide bonds. The number of carbonyl (C=O) groups is 1. The van der Waals surface area contributed by atoms with Crippen molar-refractivity contribution in [3.8, 4) is 0 Å². The highest BCUT2D eigenvalue weighted by Gasteiger charge is 2.16. The van der Waals surface area contributed by atoms with Crippen LogP contribution in [0.4, 0.5) is 5.69 Å². The molecular weight excluding hydrogens is 422 g/mol. The van der Waals surface area contributed by atoms with E-state index in [-0.39, 0.29) is 17.3 Å². The van der Waals surface area contributed by atoms with Crippen LogP contribution >= 0.6 is 0 Å². The molecule has 0 aliphatic carbocycles. The van der Waals surface area contributed by atoms with Crippen LogP contribution in [0.25, 0.3) is 0 Å². The van der Waals surface area contributed by atoms with Gasteiger partial charge in [0.2, 0.25) is 10.0 Å². The first kappa shape index (κ1) is 23.5. The Balaban J connectivity index is 1.52. The summed E-state index contributed by atoms with van der Waals surface area (Å²) in [7, 11) is 0.289. The van der Waals surface area contributed by atoms with Crippen LogP contribution in [-0.2, 0) is 23.0 Å². The van der Waals surface area contributed by atoms with Crippen molar-refractivity contribution in [1.29, 1.82) is 0 Å². The number of aryl methyl sites for hydroxylation is 1. The van der Waals surface area contributed by atoms with Crippen molar-refractivity contribution in [3.63, 3.8) is 0 Å². The fourth-order valence-corrected chi connectivity index (χ4v) is 4.28. The van der Waals surface area contributed by atoms with Crippen molar-refractivity contribution in [3.05, 3.63) is 95.6 Å². The third kappa shape index (κ3) is 6.67. The van der Waals surface area contributed by atoms with Gasteiger partial charge in [-0.25, -0.2) is 13.1 Å². The zero-order chi connectivity index (χ0) is 23.0. The van der Waals surface area contributed by atoms with Gasteiger partial charge in [-0.05, 0) is 54.3 Å². The van der Waals surface area contributed by atoms with Gasteiger partial charge in [0.05, 0.1) is 4.90 Å². The molecule has 2 N–H and O–H groups in total. The molecule has 0 unspecified atom stereocenters. The highest BCUT2D eigenvalue weighted by molar-refractivity contribution is 7.89. The molecule has 0 fully saturated rings. The first-order valence-corrected chi connectivity index (χ1v) is 12.0. The lowest BCUT2D eigenvalue weighted by molar-refractivity contribution is 0.0953. The minimum atomic E-state index is -3.72. The molecule has 0 radical (unpaired) electrons. The number of hydrogen-bond donors (Lipinski definition) is 2. The van der Waals surface area contributed by atoms with Crippen LogP contribution in [0.2, 0.25) is 0 Å². The molecule has 3 aromatic carbocycles. The normalized spacial score (nSPS) is 11.2. The SMILES string of the molecule is CN(C)c1ccc(CCCNC(=O)c2cccc(S(=O)(=O)NCc3ccccc3)c2)cc1. The molecule has 32 heavy (non-hydrogen) atoms. The van der Waals surface area contributed by atoms with Gasteiger partial charge in [0, 0.05) is 38.4 Å². The van der Waals surface area contributed by atoms with Crippen LogP contribution < -0.4 is 14.9 Å². The Labute approximate surface area is 190 Å². The van der Waals surface area contributed by atoms with E-state index in [1.54, 1.807) is 12.1 Å². The van der Waals surface area contributed by atoms with Crippen LogP contribution in [-0.4, -0.2) is 35.0 Å². The topological polar surface area (TPSA) is 78.5 Å². The number of amides is 1. The Morgan fingerprint density at radius 3 is 2.28 bits per heavy atom. The van der Waals surface area contributed by atoms with E-state index in [0.29, 0.717) is 12.1 Å². The highest BCUT2D eigenvalue weighted by atomic mass is 32.2. The molecule has 0 spiro atoms. The van der Waals surface area contributed by atoms with Gasteiger partial charge in [-0.3, -0.25) is 4.79 Å². The van der Waals surface area contributed by atoms with Crippen LogP contribution in [0, 0.1) is 0 Å². The van der Waals surface area contributed by atoms with Crippen LogP contribution in [0.3, 0.4) is 0 Å². The van der Waals surface area contributed by atoms with Gasteiger partial charge in [0.15, 0.2) is 0 Å². The first-order valence-electron chi connectivity index (χ1n) is 10.5. The van der Waals surface area contributed by atoms with E-state index in [2.05, 4.69) is 39.2 Å². The first-order chi connectivity index (χ1) is 15.3. The Morgan fingerprint density at radius 2 is 1.59 bits per heavy atom. The van der Waals surface area contributed by atoms with Gasteiger partial charge in [-0.2, -0.15) is 0 Å². The number of benzene rings is 3. The zero-order valence-corrected chi connectivity index (χ0v) is 19.2. The zero-order valence-electron chi connectivity index (χ0n) is 18.4. The largest absolute Gasteiger partial charge is 0.378 e. The average molecular weight is 452 g/mol. The van der Waals surface area contributed by atoms with Gasteiger partial charge >= 0.3 is 0 Å². The van der Waals surface area contributed by atoms with E-state index in [1.807, 2.05) is 44.4 Å². The maximum Gasteiger partial charge on any atom is 0.251 e. The van der Waals surface area contributed by atoms with Crippen molar-refractivity contribution < 1.29 is 13.2 Å². The third-order valence-electron chi connectivity index (χ3n) is 5.10. The van der Waals surface area contributed by atoms with Gasteiger partial charge in [0.25, 0.3) is 5.91 Å². The van der Waals surface area contributed by atoms with Crippen molar-refractivity contribution in [1.82, 2.24) is 10.0 Å². The summed E-state index contributed by atoms with van der Waals surface area (Å²) in [4.78, 5) is 14.6. The highest BCUT2D eigenvalue weighted by Crippen LogP contribution is 2.14. The Hall–Kier alpha value is -3.16. The summed E-state index contributed by atoms with van der Waals surface area (Å²) in [6.45, 7) is 0.701. The standard InChI is InChI=1S/C25H29N3O3S/c1-28(2)23-15-13-20(14-16-23)10-7-17-26-25(29)22-11-6-12-24(18-22)32(30,31)27-19-21-8-4-3-5-9-21/h3-6,8-9,11-16,18,27H,7,10,17,19H2,1-2H3,(H,26,29). The van der Waals surface area contributed by atoms with E-state index < -0.39 is 10.0 Å². The lowest BCUT2D eigenvalue weighted by Crippen LogP contribution is -2.26. The number of sulfonamides is 1. The van der Waals surface area contributed by atoms with Crippen LogP contribution in [0.1, 0.15) is 27.9 Å². The summed E-state index contributed by atoms with van der Waals surface area (Å²) in [5, 5.41) is 2.87. The summed E-state index contributed by atoms with van der Waals surface area (Å²) >= 11 is 0. The van der Waals surface area contributed by atoms with Crippen molar-refractivity contribution in [2.75, 3.05) is 25.5 Å². The quantitative estimate of drug-likeness (QED) is 0.462. The molecule has 7 heteroatoms. The lowest BCUT2D eigenvalue weighted by atomic mass is 10.1. The number of nitrogens with zero attached hydrogens (tertiary/aromatic N) is 1. The van der Waals surface area contributed by atoms with Crippen LogP contribution in [0.5, 0.6) is 0 Å². The lowest BCUT2D eigenvalue weighted by Gasteiger charge is -2.12. The minimum absolute atomic E-state index is 0.0714. The van der Waals surface area contributed by atoms with E-state index in [9.17, 15) is 13.2 Å². The van der Waals surface area contributed by atoms with E-state index in [0.717, 1.165) is 24.1 Å². The number of hydrogen-bond acceptors (Lipinski definition) is 4. The predicted molar refractivity (Wildman–Crippen MR) is 128 cm³/mol. The van der Waals surface area contributed by atoms with E-state index >= 15 is 0 Å². The van der Waals surface area contributed by atoms with Gasteiger partial charge in [0.1, 0.15) is 0 Å². The summed E-state index contributed by atoms with van der Waals surface area (Å²) in [6.07, 6.45) is 1.65. The summed E-state index contributed by atoms with van der Waals surface area (Å²) in [6, 6.07) is 23.7. The number of rotatable bonds is 10. The molecule has 0 heterocycles. The van der Waals surface area contributed by atoms with Crippen molar-refractivity contribution in [2.45, 2.75) is 24.3 Å². The molecule has 3 aromatic rings. The van der Waals surface area contributed by atoms with Crippen molar-refractivity contribution >= 4 is 21.6 Å². The second-order valence-electron chi connectivity index (χ2n) is 7.76. The minimum Gasteiger partial charge on any atom is -0.378 e. The van der Waals surface area contributed by atoms with Crippen molar-refractivity contribution in [2.24, 2.45) is 0 Å². The molecule has 0 aliphatic rings. The smallest absolute Gasteiger partial charge is 0.251 e. The molecule has 0 bridgehead atoms. The molecule has 6 nitrogen and oxygen atoms in total. The number of nitrogens with one attached hydrogen (secondary N) is 2. The maximum absolute atomic E-state index is 12.6. The molecule has 3 rings (SSSR count). The average Bonchev–Trinajstić information content (AvgIpc) is 2.81. The molecule has 168 valence electrons. The molecular formula is C25H29N3O3S. The molecule has 0 atom stereocenters. The molecule has 0 aromatic heterocycles. The maximum atomic E-state index is 12.6. The third-order valence-corrected chi connectivity index (χ3v) is 6.50. The predicted octanol–water partition coefficient (Wildman–Crippen LogP) is 3.59. The summed E-state index contributed by atoms with van der Waals surface area (Å²) in [5.41, 5.74) is 3.54.